The van der Waals surface area contributed by atoms with E-state index in [0.29, 0.717) is 34.1 Å². The summed E-state index contributed by atoms with van der Waals surface area (Å²) in [5.74, 6) is 1.03. The Balaban J connectivity index is 2.21. The molecule has 0 spiro atoms. The Kier molecular flexibility index (Phi) is 6.93. The summed E-state index contributed by atoms with van der Waals surface area (Å²) in [5.41, 5.74) is 1.42. The summed E-state index contributed by atoms with van der Waals surface area (Å²) in [5, 5.41) is 0. The number of hydrogen-bond donors (Lipinski definition) is 0. The molecule has 3 aromatic rings. The monoisotopic (exact) mass is 459 g/mol. The quantitative estimate of drug-likeness (QED) is 0.468. The molecule has 0 aliphatic heterocycles. The topological polar surface area (TPSA) is 65.1 Å². The predicted octanol–water partition coefficient (Wildman–Crippen LogP) is 5.12. The summed E-state index contributed by atoms with van der Waals surface area (Å²) in [7, 11) is 0.495. The lowest BCUT2D eigenvalue weighted by molar-refractivity contribution is 0.354. The molecule has 1 atom stereocenters. The van der Waals surface area contributed by atoms with E-state index in [1.807, 2.05) is 0 Å². The smallest absolute Gasteiger partial charge is 0.265 e. The fraction of sp³-hybridized carbons (Fsp3) is 0.250. The van der Waals surface area contributed by atoms with Gasteiger partial charge in [0.1, 0.15) is 11.6 Å². The van der Waals surface area contributed by atoms with E-state index >= 15 is 0 Å². The number of benzene rings is 3. The first kappa shape index (κ1) is 23.4. The van der Waals surface area contributed by atoms with Crippen LogP contribution in [0.4, 0.5) is 10.1 Å². The normalized spacial score (nSPS) is 12.2. The lowest BCUT2D eigenvalue weighted by atomic mass is 10.1. The number of nitrogens with zero attached hydrogens (tertiary/aromatic N) is 1. The molecule has 0 radical (unpaired) electrons. The molecule has 0 aliphatic rings. The molecule has 3 rings (SSSR count). The zero-order chi connectivity index (χ0) is 23.5. The number of methoxy groups -OCH3 is 3. The molecule has 6 nitrogen and oxygen atoms in total. The Hall–Kier alpha value is -3.26. The summed E-state index contributed by atoms with van der Waals surface area (Å²) >= 11 is 0. The zero-order valence-corrected chi connectivity index (χ0v) is 19.4. The lowest BCUT2D eigenvalue weighted by Crippen LogP contribution is -2.34. The van der Waals surface area contributed by atoms with Crippen LogP contribution in [-0.2, 0) is 10.0 Å². The van der Waals surface area contributed by atoms with Crippen LogP contribution in [0.2, 0.25) is 0 Å². The minimum absolute atomic E-state index is 0.0223. The highest BCUT2D eigenvalue weighted by atomic mass is 32.2. The van der Waals surface area contributed by atoms with Crippen LogP contribution in [0, 0.1) is 12.7 Å². The molecule has 0 saturated heterocycles. The average Bonchev–Trinajstić information content (AvgIpc) is 2.78. The fourth-order valence-electron chi connectivity index (χ4n) is 3.57. The van der Waals surface area contributed by atoms with Crippen LogP contribution in [0.15, 0.2) is 65.6 Å². The van der Waals surface area contributed by atoms with Crippen molar-refractivity contribution in [2.24, 2.45) is 0 Å². The van der Waals surface area contributed by atoms with E-state index < -0.39 is 21.9 Å². The molecule has 0 fully saturated rings. The van der Waals surface area contributed by atoms with Crippen LogP contribution in [0.25, 0.3) is 0 Å². The highest BCUT2D eigenvalue weighted by molar-refractivity contribution is 7.92. The van der Waals surface area contributed by atoms with Crippen molar-refractivity contribution in [1.29, 1.82) is 0 Å². The second kappa shape index (κ2) is 9.48. The zero-order valence-electron chi connectivity index (χ0n) is 18.6. The highest BCUT2D eigenvalue weighted by Gasteiger charge is 2.32. The van der Waals surface area contributed by atoms with E-state index in [9.17, 15) is 12.8 Å². The van der Waals surface area contributed by atoms with Gasteiger partial charge in [0, 0.05) is 6.07 Å². The minimum Gasteiger partial charge on any atom is -0.497 e. The van der Waals surface area contributed by atoms with Gasteiger partial charge in [-0.1, -0.05) is 12.1 Å². The number of sulfonamides is 1. The van der Waals surface area contributed by atoms with Crippen molar-refractivity contribution in [2.75, 3.05) is 25.6 Å². The molecule has 1 unspecified atom stereocenters. The molecule has 8 heteroatoms. The molecule has 0 N–H and O–H groups in total. The summed E-state index contributed by atoms with van der Waals surface area (Å²) in [6, 6.07) is 15.0. The second-order valence-corrected chi connectivity index (χ2v) is 8.99. The lowest BCUT2D eigenvalue weighted by Gasteiger charge is -2.32. The third kappa shape index (κ3) is 4.50. The molecule has 170 valence electrons. The van der Waals surface area contributed by atoms with Crippen LogP contribution in [0.3, 0.4) is 0 Å². The third-order valence-electron chi connectivity index (χ3n) is 5.22. The molecular weight excluding hydrogens is 433 g/mol. The summed E-state index contributed by atoms with van der Waals surface area (Å²) in [6.07, 6.45) is 0. The van der Waals surface area contributed by atoms with Crippen molar-refractivity contribution in [3.8, 4) is 17.2 Å². The standard InChI is InChI=1S/C24H26FNO5S/c1-16-13-19(25)10-12-24(16)32(27,28)26(20-7-6-8-21(15-20)29-3)17(2)18-9-11-22(30-4)23(14-18)31-5/h6-15,17H,1-5H3. The maximum atomic E-state index is 13.9. The molecular formula is C24H26FNO5S. The van der Waals surface area contributed by atoms with Crippen molar-refractivity contribution in [2.45, 2.75) is 24.8 Å². The molecule has 0 aromatic heterocycles. The van der Waals surface area contributed by atoms with Crippen LogP contribution >= 0.6 is 0 Å². The Labute approximate surface area is 188 Å². The van der Waals surface area contributed by atoms with Gasteiger partial charge in [0.25, 0.3) is 10.0 Å². The molecule has 32 heavy (non-hydrogen) atoms. The van der Waals surface area contributed by atoms with E-state index in [1.165, 1.54) is 37.8 Å². The SMILES string of the molecule is COc1cccc(N(C(C)c2ccc(OC)c(OC)c2)S(=O)(=O)c2ccc(F)cc2C)c1. The minimum atomic E-state index is -4.07. The van der Waals surface area contributed by atoms with E-state index in [2.05, 4.69) is 0 Å². The van der Waals surface area contributed by atoms with Crippen molar-refractivity contribution >= 4 is 15.7 Å². The van der Waals surface area contributed by atoms with Gasteiger partial charge in [-0.2, -0.15) is 0 Å². The maximum absolute atomic E-state index is 13.9. The number of anilines is 1. The van der Waals surface area contributed by atoms with Gasteiger partial charge < -0.3 is 14.2 Å². The number of halogens is 1. The Bertz CT molecular complexity index is 1210. The number of ether oxygens (including phenoxy) is 3. The first-order valence-corrected chi connectivity index (χ1v) is 11.3. The van der Waals surface area contributed by atoms with E-state index in [4.69, 9.17) is 14.2 Å². The predicted molar refractivity (Wildman–Crippen MR) is 122 cm³/mol. The summed E-state index contributed by atoms with van der Waals surface area (Å²) in [6.45, 7) is 3.35. The van der Waals surface area contributed by atoms with Gasteiger partial charge in [0.05, 0.1) is 38.0 Å². The fourth-order valence-corrected chi connectivity index (χ4v) is 5.42. The van der Waals surface area contributed by atoms with Gasteiger partial charge in [-0.05, 0) is 67.4 Å². The largest absolute Gasteiger partial charge is 0.497 e. The third-order valence-corrected chi connectivity index (χ3v) is 7.28. The van der Waals surface area contributed by atoms with Gasteiger partial charge in [-0.15, -0.1) is 0 Å². The maximum Gasteiger partial charge on any atom is 0.265 e. The van der Waals surface area contributed by atoms with Gasteiger partial charge in [-0.3, -0.25) is 4.31 Å². The van der Waals surface area contributed by atoms with Crippen molar-refractivity contribution in [1.82, 2.24) is 0 Å². The van der Waals surface area contributed by atoms with Gasteiger partial charge >= 0.3 is 0 Å². The molecule has 3 aromatic carbocycles. The Morgan fingerprint density at radius 1 is 0.875 bits per heavy atom. The van der Waals surface area contributed by atoms with Crippen LogP contribution in [0.5, 0.6) is 17.2 Å². The molecule has 0 amide bonds. The molecule has 0 saturated carbocycles. The van der Waals surface area contributed by atoms with Crippen molar-refractivity contribution in [3.05, 3.63) is 77.6 Å². The summed E-state index contributed by atoms with van der Waals surface area (Å²) < 4.78 is 58.7. The second-order valence-electron chi connectivity index (χ2n) is 7.20. The average molecular weight is 460 g/mol. The van der Waals surface area contributed by atoms with E-state index in [0.717, 1.165) is 6.07 Å². The molecule has 0 aliphatic carbocycles. The van der Waals surface area contributed by atoms with Gasteiger partial charge in [0.15, 0.2) is 11.5 Å². The number of aryl methyl sites for hydroxylation is 1. The first-order valence-electron chi connectivity index (χ1n) is 9.89. The summed E-state index contributed by atoms with van der Waals surface area (Å²) in [4.78, 5) is 0.0223. The Morgan fingerprint density at radius 2 is 1.59 bits per heavy atom. The van der Waals surface area contributed by atoms with Crippen LogP contribution < -0.4 is 18.5 Å². The van der Waals surface area contributed by atoms with E-state index in [-0.39, 0.29) is 4.90 Å². The van der Waals surface area contributed by atoms with Crippen LogP contribution in [0.1, 0.15) is 24.1 Å². The molecule has 0 heterocycles. The number of hydrogen-bond acceptors (Lipinski definition) is 5. The van der Waals surface area contributed by atoms with Crippen LogP contribution in [-0.4, -0.2) is 29.7 Å². The van der Waals surface area contributed by atoms with Gasteiger partial charge in [0.2, 0.25) is 0 Å². The van der Waals surface area contributed by atoms with E-state index in [1.54, 1.807) is 56.3 Å². The first-order chi connectivity index (χ1) is 15.2. The Morgan fingerprint density at radius 3 is 2.22 bits per heavy atom. The van der Waals surface area contributed by atoms with Gasteiger partial charge in [-0.25, -0.2) is 12.8 Å². The van der Waals surface area contributed by atoms with Crippen molar-refractivity contribution in [3.63, 3.8) is 0 Å². The highest BCUT2D eigenvalue weighted by Crippen LogP contribution is 2.38. The number of rotatable bonds is 8. The van der Waals surface area contributed by atoms with Crippen molar-refractivity contribution < 1.29 is 27.0 Å². The molecule has 0 bridgehead atoms.